The smallest absolute Gasteiger partial charge is 0.163 e. The van der Waals surface area contributed by atoms with Gasteiger partial charge in [-0.25, -0.2) is 0 Å². The molecular weight excluding hydrogens is 553 g/mol. The molecule has 0 saturated carbocycles. The van der Waals surface area contributed by atoms with E-state index >= 15 is 0 Å². The zero-order valence-corrected chi connectivity index (χ0v) is 23.9. The van der Waals surface area contributed by atoms with Gasteiger partial charge in [0.05, 0.1) is 32.0 Å². The Labute approximate surface area is 237 Å². The number of nitrogens with one attached hydrogen (secondary N) is 1. The van der Waals surface area contributed by atoms with Gasteiger partial charge in [-0.05, 0) is 60.7 Å². The van der Waals surface area contributed by atoms with Crippen molar-refractivity contribution < 1.29 is 29.5 Å². The van der Waals surface area contributed by atoms with Crippen LogP contribution in [0.25, 0.3) is 0 Å². The zero-order chi connectivity index (χ0) is 26.7. The predicted molar refractivity (Wildman–Crippen MR) is 157 cm³/mol. The predicted octanol–water partition coefficient (Wildman–Crippen LogP) is 2.63. The number of nitrogens with two attached hydrogens (primary N) is 1. The first-order chi connectivity index (χ1) is 18.0. The molecule has 0 aliphatic heterocycles. The van der Waals surface area contributed by atoms with Crippen molar-refractivity contribution in [2.24, 2.45) is 5.73 Å². The molecule has 0 heterocycles. The molecule has 0 aliphatic carbocycles. The van der Waals surface area contributed by atoms with Crippen LogP contribution >= 0.6 is 47.5 Å². The van der Waals surface area contributed by atoms with Crippen LogP contribution in [0.4, 0.5) is 0 Å². The van der Waals surface area contributed by atoms with E-state index in [0.29, 0.717) is 48.5 Å². The van der Waals surface area contributed by atoms with Gasteiger partial charge in [-0.2, -0.15) is 23.5 Å². The number of aliphatic hydroxyl groups is 3. The third kappa shape index (κ3) is 15.6. The van der Waals surface area contributed by atoms with Crippen molar-refractivity contribution in [2.45, 2.75) is 22.0 Å². The van der Waals surface area contributed by atoms with E-state index in [-0.39, 0.29) is 24.9 Å². The standard InChI is InChI=1S/C25H36N2O6S4/c26-25(34)27-9-11-31-12-14-36-18-20(30)16-33-22-3-7-24(8-4-22)37-23-5-1-21(2-6-23)32-15-19(29)17-35-13-10-28/h1-8,19-20,28-30H,9-18H2,(H3,26,27,34). The maximum Gasteiger partial charge on any atom is 0.163 e. The SMILES string of the molecule is NC(=S)NCCOCCSCC(O)COc1ccc(Sc2ccc(OCC(O)CSCCO)cc2)cc1. The van der Waals surface area contributed by atoms with Gasteiger partial charge >= 0.3 is 0 Å². The van der Waals surface area contributed by atoms with Gasteiger partial charge in [-0.15, -0.1) is 0 Å². The molecule has 2 rings (SSSR count). The summed E-state index contributed by atoms with van der Waals surface area (Å²) in [5.41, 5.74) is 5.34. The number of ether oxygens (including phenoxy) is 3. The summed E-state index contributed by atoms with van der Waals surface area (Å²) in [6.07, 6.45) is -1.13. The van der Waals surface area contributed by atoms with Crippen LogP contribution in [0.1, 0.15) is 0 Å². The van der Waals surface area contributed by atoms with Crippen LogP contribution in [0.5, 0.6) is 11.5 Å². The lowest BCUT2D eigenvalue weighted by Crippen LogP contribution is -2.32. The molecule has 0 fully saturated rings. The number of aliphatic hydroxyl groups excluding tert-OH is 3. The molecule has 12 heteroatoms. The average molecular weight is 589 g/mol. The highest BCUT2D eigenvalue weighted by Crippen LogP contribution is 2.30. The number of hydrogen-bond donors (Lipinski definition) is 5. The van der Waals surface area contributed by atoms with Crippen molar-refractivity contribution in [1.29, 1.82) is 0 Å². The Morgan fingerprint density at radius 3 is 1.84 bits per heavy atom. The first kappa shape index (κ1) is 31.8. The second-order valence-corrected chi connectivity index (χ2v) is 11.6. The van der Waals surface area contributed by atoms with E-state index in [2.05, 4.69) is 5.32 Å². The molecule has 0 aromatic heterocycles. The molecule has 6 N–H and O–H groups in total. The van der Waals surface area contributed by atoms with Crippen LogP contribution in [0.2, 0.25) is 0 Å². The summed E-state index contributed by atoms with van der Waals surface area (Å²) in [5, 5.41) is 31.9. The fourth-order valence-electron chi connectivity index (χ4n) is 2.79. The van der Waals surface area contributed by atoms with Crippen LogP contribution in [-0.4, -0.2) is 95.2 Å². The van der Waals surface area contributed by atoms with Crippen LogP contribution in [-0.2, 0) is 4.74 Å². The minimum Gasteiger partial charge on any atom is -0.491 e. The first-order valence-electron chi connectivity index (χ1n) is 11.8. The van der Waals surface area contributed by atoms with E-state index in [0.717, 1.165) is 15.5 Å². The monoisotopic (exact) mass is 588 g/mol. The Morgan fingerprint density at radius 1 is 0.838 bits per heavy atom. The van der Waals surface area contributed by atoms with Gasteiger partial charge in [0.25, 0.3) is 0 Å². The number of thiocarbonyl (C=S) groups is 1. The fraction of sp³-hybridized carbons (Fsp3) is 0.480. The number of rotatable bonds is 20. The Hall–Kier alpha value is -1.38. The van der Waals surface area contributed by atoms with Gasteiger partial charge in [0.1, 0.15) is 24.7 Å². The third-order valence-corrected chi connectivity index (χ3v) is 7.87. The second-order valence-electron chi connectivity index (χ2n) is 7.75. The molecule has 8 nitrogen and oxygen atoms in total. The van der Waals surface area contributed by atoms with Crippen molar-refractivity contribution >= 4 is 52.6 Å². The van der Waals surface area contributed by atoms with E-state index in [4.69, 9.17) is 37.3 Å². The third-order valence-electron chi connectivity index (χ3n) is 4.54. The van der Waals surface area contributed by atoms with Gasteiger partial charge in [-0.3, -0.25) is 0 Å². The van der Waals surface area contributed by atoms with Crippen LogP contribution < -0.4 is 20.5 Å². The van der Waals surface area contributed by atoms with E-state index in [1.54, 1.807) is 23.5 Å². The molecule has 0 amide bonds. The summed E-state index contributed by atoms with van der Waals surface area (Å²) in [7, 11) is 0. The Balaban J connectivity index is 1.60. The number of hydrogen-bond acceptors (Lipinski definition) is 10. The van der Waals surface area contributed by atoms with Crippen LogP contribution in [0.3, 0.4) is 0 Å². The lowest BCUT2D eigenvalue weighted by molar-refractivity contribution is 0.126. The maximum atomic E-state index is 10.1. The minimum atomic E-state index is -0.568. The van der Waals surface area contributed by atoms with Gasteiger partial charge in [0, 0.05) is 39.3 Å². The largest absolute Gasteiger partial charge is 0.491 e. The summed E-state index contributed by atoms with van der Waals surface area (Å²) in [6, 6.07) is 15.5. The lowest BCUT2D eigenvalue weighted by Gasteiger charge is -2.13. The molecule has 2 aromatic carbocycles. The molecule has 0 radical (unpaired) electrons. The Bertz CT molecular complexity index is 876. The van der Waals surface area contributed by atoms with E-state index in [1.165, 1.54) is 11.8 Å². The normalized spacial score (nSPS) is 12.6. The van der Waals surface area contributed by atoms with Crippen LogP contribution in [0.15, 0.2) is 58.3 Å². The highest BCUT2D eigenvalue weighted by atomic mass is 32.2. The molecule has 37 heavy (non-hydrogen) atoms. The highest BCUT2D eigenvalue weighted by Gasteiger charge is 2.08. The van der Waals surface area contributed by atoms with Gasteiger partial charge in [0.2, 0.25) is 0 Å². The molecule has 2 aromatic rings. The average Bonchev–Trinajstić information content (AvgIpc) is 2.89. The fourth-order valence-corrected chi connectivity index (χ4v) is 5.15. The van der Waals surface area contributed by atoms with E-state index in [1.807, 2.05) is 48.5 Å². The summed E-state index contributed by atoms with van der Waals surface area (Å²) < 4.78 is 16.8. The Morgan fingerprint density at radius 2 is 1.35 bits per heavy atom. The first-order valence-corrected chi connectivity index (χ1v) is 15.4. The molecule has 0 aliphatic rings. The van der Waals surface area contributed by atoms with E-state index in [9.17, 15) is 10.2 Å². The molecular formula is C25H36N2O6S4. The highest BCUT2D eigenvalue weighted by molar-refractivity contribution is 7.99. The molecule has 0 bridgehead atoms. The number of benzene rings is 2. The Kier molecular flexibility index (Phi) is 16.9. The molecule has 206 valence electrons. The lowest BCUT2D eigenvalue weighted by atomic mass is 10.3. The summed E-state index contributed by atoms with van der Waals surface area (Å²) in [5.74, 6) is 3.92. The zero-order valence-electron chi connectivity index (χ0n) is 20.6. The van der Waals surface area contributed by atoms with Gasteiger partial charge < -0.3 is 40.6 Å². The molecule has 0 saturated heterocycles. The van der Waals surface area contributed by atoms with Gasteiger partial charge in [-0.1, -0.05) is 11.8 Å². The van der Waals surface area contributed by atoms with Crippen molar-refractivity contribution in [1.82, 2.24) is 5.32 Å². The summed E-state index contributed by atoms with van der Waals surface area (Å²) in [4.78, 5) is 2.13. The summed E-state index contributed by atoms with van der Waals surface area (Å²) >= 11 is 9.45. The molecule has 2 atom stereocenters. The second kappa shape index (κ2) is 19.7. The van der Waals surface area contributed by atoms with Crippen LogP contribution in [0, 0.1) is 0 Å². The summed E-state index contributed by atoms with van der Waals surface area (Å²) in [6.45, 7) is 2.29. The maximum absolute atomic E-state index is 10.1. The van der Waals surface area contributed by atoms with Crippen molar-refractivity contribution in [2.75, 3.05) is 62.6 Å². The van der Waals surface area contributed by atoms with Crippen molar-refractivity contribution in [3.63, 3.8) is 0 Å². The van der Waals surface area contributed by atoms with Crippen molar-refractivity contribution in [3.05, 3.63) is 48.5 Å². The van der Waals surface area contributed by atoms with Gasteiger partial charge in [0.15, 0.2) is 5.11 Å². The number of thioether (sulfide) groups is 2. The topological polar surface area (TPSA) is 126 Å². The van der Waals surface area contributed by atoms with E-state index < -0.39 is 12.2 Å². The quantitative estimate of drug-likeness (QED) is 0.115. The molecule has 0 spiro atoms. The minimum absolute atomic E-state index is 0.110. The van der Waals surface area contributed by atoms with Crippen molar-refractivity contribution in [3.8, 4) is 11.5 Å². The molecule has 2 unspecified atom stereocenters.